The van der Waals surface area contributed by atoms with Gasteiger partial charge in [0.2, 0.25) is 0 Å². The zero-order valence-electron chi connectivity index (χ0n) is 15.2. The molecule has 0 amide bonds. The van der Waals surface area contributed by atoms with Gasteiger partial charge in [0, 0.05) is 47.0 Å². The third kappa shape index (κ3) is 11.3. The molecule has 0 aromatic rings. The lowest BCUT2D eigenvalue weighted by atomic mass is 10.3. The lowest BCUT2D eigenvalue weighted by Crippen LogP contribution is -2.40. The van der Waals surface area contributed by atoms with Gasteiger partial charge in [-0.25, -0.2) is 0 Å². The van der Waals surface area contributed by atoms with E-state index in [0.717, 1.165) is 64.2 Å². The maximum absolute atomic E-state index is 5.70. The highest BCUT2D eigenvalue weighted by Crippen LogP contribution is 2.28. The number of nitrogens with zero attached hydrogens (tertiary/aromatic N) is 2. The molecule has 136 valence electrons. The number of ether oxygens (including phenoxy) is 3. The van der Waals surface area contributed by atoms with Gasteiger partial charge >= 0.3 is 0 Å². The average Bonchev–Trinajstić information content (AvgIpc) is 3.37. The normalized spacial score (nSPS) is 15.0. The fraction of sp³-hybridized carbons (Fsp3) is 0.941. The van der Waals surface area contributed by atoms with Crippen LogP contribution in [0.2, 0.25) is 0 Å². The van der Waals surface area contributed by atoms with E-state index in [9.17, 15) is 0 Å². The number of nitrogens with one attached hydrogen (secondary N) is 1. The second kappa shape index (κ2) is 13.6. The van der Waals surface area contributed by atoms with Gasteiger partial charge in [-0.15, -0.1) is 0 Å². The van der Waals surface area contributed by atoms with Crippen LogP contribution < -0.4 is 5.32 Å². The van der Waals surface area contributed by atoms with E-state index >= 15 is 0 Å². The smallest absolute Gasteiger partial charge is 0.193 e. The van der Waals surface area contributed by atoms with E-state index in [4.69, 9.17) is 14.2 Å². The van der Waals surface area contributed by atoms with Crippen molar-refractivity contribution >= 4 is 5.96 Å². The predicted molar refractivity (Wildman–Crippen MR) is 94.1 cm³/mol. The Morgan fingerprint density at radius 2 is 1.96 bits per heavy atom. The topological polar surface area (TPSA) is 55.3 Å². The van der Waals surface area contributed by atoms with E-state index in [2.05, 4.69) is 29.2 Å². The standard InChI is InChI=1S/C17H35N3O3/c1-4-18-17(19-9-5-6-11-22-14-13-21-3)20(2)10-12-23-15-16-7-8-16/h16H,4-15H2,1-3H3,(H,18,19). The predicted octanol–water partition coefficient (Wildman–Crippen LogP) is 1.75. The van der Waals surface area contributed by atoms with Gasteiger partial charge in [-0.3, -0.25) is 4.99 Å². The van der Waals surface area contributed by atoms with E-state index < -0.39 is 0 Å². The van der Waals surface area contributed by atoms with Crippen molar-refractivity contribution in [1.29, 1.82) is 0 Å². The molecule has 0 heterocycles. The lowest BCUT2D eigenvalue weighted by Gasteiger charge is -2.22. The minimum Gasteiger partial charge on any atom is -0.382 e. The van der Waals surface area contributed by atoms with Crippen molar-refractivity contribution in [3.05, 3.63) is 0 Å². The molecule has 1 saturated carbocycles. The summed E-state index contributed by atoms with van der Waals surface area (Å²) in [7, 11) is 3.75. The van der Waals surface area contributed by atoms with Gasteiger partial charge in [0.25, 0.3) is 0 Å². The van der Waals surface area contributed by atoms with Crippen LogP contribution >= 0.6 is 0 Å². The molecule has 1 rings (SSSR count). The molecular formula is C17H35N3O3. The molecule has 0 saturated heterocycles. The van der Waals surface area contributed by atoms with E-state index in [0.29, 0.717) is 13.2 Å². The molecule has 1 aliphatic rings. The van der Waals surface area contributed by atoms with Crippen LogP contribution in [0.5, 0.6) is 0 Å². The minimum absolute atomic E-state index is 0.663. The summed E-state index contributed by atoms with van der Waals surface area (Å²) in [6, 6.07) is 0. The Morgan fingerprint density at radius 1 is 1.13 bits per heavy atom. The fourth-order valence-electron chi connectivity index (χ4n) is 2.06. The summed E-state index contributed by atoms with van der Waals surface area (Å²) >= 11 is 0. The summed E-state index contributed by atoms with van der Waals surface area (Å²) in [6.07, 6.45) is 4.75. The molecule has 6 nitrogen and oxygen atoms in total. The van der Waals surface area contributed by atoms with Crippen molar-refractivity contribution in [3.63, 3.8) is 0 Å². The van der Waals surface area contributed by atoms with Crippen LogP contribution in [-0.4, -0.2) is 77.7 Å². The van der Waals surface area contributed by atoms with Crippen LogP contribution in [0.4, 0.5) is 0 Å². The summed E-state index contributed by atoms with van der Waals surface area (Å²) in [5, 5.41) is 3.34. The largest absolute Gasteiger partial charge is 0.382 e. The van der Waals surface area contributed by atoms with Crippen molar-refractivity contribution in [1.82, 2.24) is 10.2 Å². The molecule has 1 N–H and O–H groups in total. The Hall–Kier alpha value is -0.850. The average molecular weight is 329 g/mol. The van der Waals surface area contributed by atoms with Gasteiger partial charge in [0.05, 0.1) is 19.8 Å². The molecule has 0 radical (unpaired) electrons. The molecule has 0 spiro atoms. The van der Waals surface area contributed by atoms with Crippen molar-refractivity contribution in [2.75, 3.05) is 66.8 Å². The molecule has 1 fully saturated rings. The van der Waals surface area contributed by atoms with Crippen LogP contribution in [0.15, 0.2) is 4.99 Å². The van der Waals surface area contributed by atoms with E-state index in [1.165, 1.54) is 12.8 Å². The first-order valence-electron chi connectivity index (χ1n) is 8.91. The second-order valence-corrected chi connectivity index (χ2v) is 5.99. The van der Waals surface area contributed by atoms with E-state index in [1.54, 1.807) is 7.11 Å². The van der Waals surface area contributed by atoms with Crippen LogP contribution in [-0.2, 0) is 14.2 Å². The van der Waals surface area contributed by atoms with Gasteiger partial charge in [-0.1, -0.05) is 0 Å². The Balaban J connectivity index is 2.09. The Morgan fingerprint density at radius 3 is 2.65 bits per heavy atom. The van der Waals surface area contributed by atoms with Gasteiger partial charge < -0.3 is 24.4 Å². The van der Waals surface area contributed by atoms with Crippen molar-refractivity contribution in [2.24, 2.45) is 10.9 Å². The highest BCUT2D eigenvalue weighted by molar-refractivity contribution is 5.79. The molecule has 0 aromatic carbocycles. The summed E-state index contributed by atoms with van der Waals surface area (Å²) in [5.74, 6) is 1.79. The summed E-state index contributed by atoms with van der Waals surface area (Å²) in [5.41, 5.74) is 0. The van der Waals surface area contributed by atoms with Gasteiger partial charge in [0.1, 0.15) is 0 Å². The Bertz CT molecular complexity index is 309. The molecule has 0 unspecified atom stereocenters. The van der Waals surface area contributed by atoms with Crippen LogP contribution in [0.25, 0.3) is 0 Å². The molecule has 23 heavy (non-hydrogen) atoms. The van der Waals surface area contributed by atoms with Crippen LogP contribution in [0.1, 0.15) is 32.6 Å². The number of unbranched alkanes of at least 4 members (excludes halogenated alkanes) is 1. The zero-order valence-corrected chi connectivity index (χ0v) is 15.2. The SMILES string of the molecule is CCNC(=NCCCCOCCOC)N(C)CCOCC1CC1. The highest BCUT2D eigenvalue weighted by Gasteiger charge is 2.21. The molecule has 0 bridgehead atoms. The van der Waals surface area contributed by atoms with Crippen LogP contribution in [0.3, 0.4) is 0 Å². The number of rotatable bonds is 14. The maximum Gasteiger partial charge on any atom is 0.193 e. The number of methoxy groups -OCH3 is 1. The van der Waals surface area contributed by atoms with Gasteiger partial charge in [0.15, 0.2) is 5.96 Å². The number of aliphatic imine (C=N–C) groups is 1. The first-order chi connectivity index (χ1) is 11.3. The Labute approximate surface area is 141 Å². The summed E-state index contributed by atoms with van der Waals surface area (Å²) in [4.78, 5) is 6.81. The number of hydrogen-bond acceptors (Lipinski definition) is 4. The number of guanidine groups is 1. The van der Waals surface area contributed by atoms with Gasteiger partial charge in [-0.05, 0) is 38.5 Å². The van der Waals surface area contributed by atoms with E-state index in [-0.39, 0.29) is 0 Å². The van der Waals surface area contributed by atoms with Gasteiger partial charge in [-0.2, -0.15) is 0 Å². The summed E-state index contributed by atoms with van der Waals surface area (Å²) < 4.78 is 16.1. The fourth-order valence-corrected chi connectivity index (χ4v) is 2.06. The summed E-state index contributed by atoms with van der Waals surface area (Å²) in [6.45, 7) is 8.47. The third-order valence-electron chi connectivity index (χ3n) is 3.71. The number of hydrogen-bond donors (Lipinski definition) is 1. The Kier molecular flexibility index (Phi) is 11.9. The first-order valence-corrected chi connectivity index (χ1v) is 8.91. The van der Waals surface area contributed by atoms with Crippen molar-refractivity contribution in [2.45, 2.75) is 32.6 Å². The molecule has 0 atom stereocenters. The molecule has 6 heteroatoms. The molecular weight excluding hydrogens is 294 g/mol. The highest BCUT2D eigenvalue weighted by atomic mass is 16.5. The minimum atomic E-state index is 0.663. The van der Waals surface area contributed by atoms with Crippen molar-refractivity contribution in [3.8, 4) is 0 Å². The molecule has 0 aliphatic heterocycles. The zero-order chi connectivity index (χ0) is 16.8. The lowest BCUT2D eigenvalue weighted by molar-refractivity contribution is 0.0690. The van der Waals surface area contributed by atoms with Crippen LogP contribution in [0, 0.1) is 5.92 Å². The maximum atomic E-state index is 5.70. The molecule has 1 aliphatic carbocycles. The number of likely N-dealkylation sites (N-methyl/N-ethyl adjacent to an activating group) is 1. The first kappa shape index (κ1) is 20.2. The molecule has 0 aromatic heterocycles. The monoisotopic (exact) mass is 329 g/mol. The third-order valence-corrected chi connectivity index (χ3v) is 3.71. The van der Waals surface area contributed by atoms with E-state index in [1.807, 2.05) is 0 Å². The quantitative estimate of drug-likeness (QED) is 0.299. The van der Waals surface area contributed by atoms with Crippen molar-refractivity contribution < 1.29 is 14.2 Å². The second-order valence-electron chi connectivity index (χ2n) is 5.99.